The summed E-state index contributed by atoms with van der Waals surface area (Å²) in [7, 11) is 5.83. The molecule has 3 heterocycles. The third kappa shape index (κ3) is 4.48. The van der Waals surface area contributed by atoms with Crippen molar-refractivity contribution in [3.8, 4) is 0 Å². The highest BCUT2D eigenvalue weighted by atomic mass is 15.3. The van der Waals surface area contributed by atoms with Crippen LogP contribution in [0.2, 0.25) is 0 Å². The second kappa shape index (κ2) is 9.12. The molecule has 154 valence electrons. The van der Waals surface area contributed by atoms with Crippen molar-refractivity contribution < 1.29 is 0 Å². The van der Waals surface area contributed by atoms with Crippen molar-refractivity contribution >= 4 is 11.6 Å². The minimum Gasteiger partial charge on any atom is -0.367 e. The zero-order chi connectivity index (χ0) is 20.1. The fourth-order valence-electron chi connectivity index (χ4n) is 4.06. The maximum atomic E-state index is 4.67. The molecule has 3 rings (SSSR count). The van der Waals surface area contributed by atoms with Crippen LogP contribution in [0.15, 0.2) is 17.4 Å². The molecular weight excluding hydrogens is 352 g/mol. The van der Waals surface area contributed by atoms with E-state index in [1.807, 2.05) is 36.7 Å². The van der Waals surface area contributed by atoms with Crippen molar-refractivity contribution in [2.75, 3.05) is 25.0 Å². The number of guanidine groups is 1. The van der Waals surface area contributed by atoms with Crippen molar-refractivity contribution in [1.29, 1.82) is 0 Å². The van der Waals surface area contributed by atoms with Crippen molar-refractivity contribution in [1.82, 2.24) is 30.2 Å². The monoisotopic (exact) mass is 386 g/mol. The maximum absolute atomic E-state index is 4.67. The van der Waals surface area contributed by atoms with Gasteiger partial charge in [-0.3, -0.25) is 14.4 Å². The van der Waals surface area contributed by atoms with Crippen LogP contribution in [0.25, 0.3) is 0 Å². The molecule has 1 atom stereocenters. The van der Waals surface area contributed by atoms with E-state index in [0.717, 1.165) is 51.3 Å². The van der Waals surface area contributed by atoms with Gasteiger partial charge in [-0.25, -0.2) is 0 Å². The number of aryl methyl sites for hydroxylation is 3. The summed E-state index contributed by atoms with van der Waals surface area (Å²) in [5, 5.41) is 16.1. The average molecular weight is 387 g/mol. The molecule has 8 heteroatoms. The van der Waals surface area contributed by atoms with Crippen molar-refractivity contribution in [3.63, 3.8) is 0 Å². The minimum absolute atomic E-state index is 0.366. The minimum atomic E-state index is 0.366. The summed E-state index contributed by atoms with van der Waals surface area (Å²) in [6, 6.07) is 0.366. The summed E-state index contributed by atoms with van der Waals surface area (Å²) < 4.78 is 3.87. The van der Waals surface area contributed by atoms with Gasteiger partial charge in [0.15, 0.2) is 5.96 Å². The lowest BCUT2D eigenvalue weighted by Gasteiger charge is -2.34. The van der Waals surface area contributed by atoms with Gasteiger partial charge in [0.2, 0.25) is 0 Å². The van der Waals surface area contributed by atoms with Crippen LogP contribution < -0.4 is 15.5 Å². The Kier molecular flexibility index (Phi) is 6.59. The van der Waals surface area contributed by atoms with Crippen LogP contribution in [0.5, 0.6) is 0 Å². The summed E-state index contributed by atoms with van der Waals surface area (Å²) >= 11 is 0. The molecule has 0 aliphatic carbocycles. The van der Waals surface area contributed by atoms with Crippen molar-refractivity contribution in [3.05, 3.63) is 29.3 Å². The average Bonchev–Trinajstić information content (AvgIpc) is 3.27. The fraction of sp³-hybridized carbons (Fsp3) is 0.650. The van der Waals surface area contributed by atoms with Gasteiger partial charge in [-0.15, -0.1) is 0 Å². The molecule has 0 aromatic carbocycles. The largest absolute Gasteiger partial charge is 0.367 e. The molecule has 8 nitrogen and oxygen atoms in total. The van der Waals surface area contributed by atoms with Gasteiger partial charge in [-0.05, 0) is 25.7 Å². The molecule has 2 N–H and O–H groups in total. The van der Waals surface area contributed by atoms with E-state index in [0.29, 0.717) is 6.04 Å². The summed E-state index contributed by atoms with van der Waals surface area (Å²) in [6.07, 6.45) is 8.25. The van der Waals surface area contributed by atoms with Crippen LogP contribution >= 0.6 is 0 Å². The Labute approximate surface area is 168 Å². The number of aromatic nitrogens is 4. The number of rotatable bonds is 6. The van der Waals surface area contributed by atoms with Crippen LogP contribution in [0.4, 0.5) is 5.69 Å². The van der Waals surface area contributed by atoms with Gasteiger partial charge in [0, 0.05) is 64.3 Å². The standard InChI is InChI=1S/C20H34N8/c1-6-18-17(19(7-2)27(5)25-18)12-22-20(21-3)24-15-9-8-10-28(13-15)16-11-23-26(4)14-16/h11,14-15H,6-10,12-13H2,1-5H3,(H2,21,22,24). The number of aliphatic imine (C=N–C) groups is 1. The van der Waals surface area contributed by atoms with E-state index in [1.165, 1.54) is 22.6 Å². The molecule has 1 aliphatic rings. The molecule has 1 fully saturated rings. The molecule has 28 heavy (non-hydrogen) atoms. The molecular formula is C20H34N8. The van der Waals surface area contributed by atoms with Crippen LogP contribution in [0.3, 0.4) is 0 Å². The Morgan fingerprint density at radius 1 is 1.29 bits per heavy atom. The fourth-order valence-corrected chi connectivity index (χ4v) is 4.06. The van der Waals surface area contributed by atoms with Gasteiger partial charge in [0.1, 0.15) is 0 Å². The van der Waals surface area contributed by atoms with Gasteiger partial charge in [0.25, 0.3) is 0 Å². The Morgan fingerprint density at radius 2 is 2.11 bits per heavy atom. The zero-order valence-electron chi connectivity index (χ0n) is 17.9. The molecule has 1 aliphatic heterocycles. The van der Waals surface area contributed by atoms with E-state index in [9.17, 15) is 0 Å². The first-order valence-electron chi connectivity index (χ1n) is 10.3. The highest BCUT2D eigenvalue weighted by Crippen LogP contribution is 2.19. The number of anilines is 1. The first kappa shape index (κ1) is 20.2. The highest BCUT2D eigenvalue weighted by molar-refractivity contribution is 5.80. The molecule has 2 aromatic heterocycles. The third-order valence-corrected chi connectivity index (χ3v) is 5.50. The number of nitrogens with one attached hydrogen (secondary N) is 2. The van der Waals surface area contributed by atoms with E-state index < -0.39 is 0 Å². The Hall–Kier alpha value is -2.51. The molecule has 0 amide bonds. The van der Waals surface area contributed by atoms with Crippen molar-refractivity contribution in [2.45, 2.75) is 52.1 Å². The number of hydrogen-bond donors (Lipinski definition) is 2. The molecule has 2 aromatic rings. The van der Waals surface area contributed by atoms with Gasteiger partial charge >= 0.3 is 0 Å². The topological polar surface area (TPSA) is 75.3 Å². The zero-order valence-corrected chi connectivity index (χ0v) is 17.9. The molecule has 0 saturated carbocycles. The van der Waals surface area contributed by atoms with E-state index in [-0.39, 0.29) is 0 Å². The van der Waals surface area contributed by atoms with Crippen LogP contribution in [0.1, 0.15) is 43.6 Å². The normalized spacial score (nSPS) is 17.8. The second-order valence-electron chi connectivity index (χ2n) is 7.43. The first-order chi connectivity index (χ1) is 13.5. The summed E-state index contributed by atoms with van der Waals surface area (Å²) in [5.74, 6) is 0.853. The quantitative estimate of drug-likeness (QED) is 0.583. The van der Waals surface area contributed by atoms with Gasteiger partial charge in [0.05, 0.1) is 17.6 Å². The Balaban J connectivity index is 1.60. The first-order valence-corrected chi connectivity index (χ1v) is 10.3. The lowest BCUT2D eigenvalue weighted by molar-refractivity contribution is 0.468. The summed E-state index contributed by atoms with van der Waals surface area (Å²) in [5.41, 5.74) is 4.95. The van der Waals surface area contributed by atoms with Gasteiger partial charge in [-0.1, -0.05) is 13.8 Å². The van der Waals surface area contributed by atoms with Crippen LogP contribution in [-0.2, 0) is 33.5 Å². The predicted octanol–water partition coefficient (Wildman–Crippen LogP) is 1.61. The second-order valence-corrected chi connectivity index (χ2v) is 7.43. The molecule has 1 saturated heterocycles. The smallest absolute Gasteiger partial charge is 0.191 e. The lowest BCUT2D eigenvalue weighted by atomic mass is 10.1. The van der Waals surface area contributed by atoms with E-state index in [2.05, 4.69) is 50.8 Å². The van der Waals surface area contributed by atoms with Crippen molar-refractivity contribution in [2.24, 2.45) is 19.1 Å². The Bertz CT molecular complexity index is 803. The van der Waals surface area contributed by atoms with E-state index >= 15 is 0 Å². The van der Waals surface area contributed by atoms with Crippen LogP contribution in [0, 0.1) is 0 Å². The molecule has 0 radical (unpaired) electrons. The predicted molar refractivity (Wildman–Crippen MR) is 114 cm³/mol. The maximum Gasteiger partial charge on any atom is 0.191 e. The molecule has 1 unspecified atom stereocenters. The summed E-state index contributed by atoms with van der Waals surface area (Å²) in [6.45, 7) is 7.12. The van der Waals surface area contributed by atoms with Gasteiger partial charge < -0.3 is 15.5 Å². The lowest BCUT2D eigenvalue weighted by Crippen LogP contribution is -2.51. The highest BCUT2D eigenvalue weighted by Gasteiger charge is 2.22. The summed E-state index contributed by atoms with van der Waals surface area (Å²) in [4.78, 5) is 6.84. The third-order valence-electron chi connectivity index (χ3n) is 5.50. The molecule has 0 bridgehead atoms. The Morgan fingerprint density at radius 3 is 2.75 bits per heavy atom. The van der Waals surface area contributed by atoms with Gasteiger partial charge in [-0.2, -0.15) is 10.2 Å². The van der Waals surface area contributed by atoms with E-state index in [1.54, 1.807) is 0 Å². The number of hydrogen-bond acceptors (Lipinski definition) is 4. The van der Waals surface area contributed by atoms with Crippen LogP contribution in [-0.4, -0.2) is 51.7 Å². The van der Waals surface area contributed by atoms with E-state index in [4.69, 9.17) is 0 Å². The SMILES string of the molecule is CCc1nn(C)c(CC)c1CNC(=NC)NC1CCCN(c2cnn(C)c2)C1. The molecule has 0 spiro atoms. The number of nitrogens with zero attached hydrogens (tertiary/aromatic N) is 6. The number of piperidine rings is 1.